The number of fused-ring (bicyclic) bond motifs is 1. The van der Waals surface area contributed by atoms with Crippen LogP contribution in [0.15, 0.2) is 24.3 Å². The topological polar surface area (TPSA) is 36.4 Å². The minimum atomic E-state index is 0.293. The maximum atomic E-state index is 9.18. The molecule has 0 bridgehead atoms. The van der Waals surface area contributed by atoms with Gasteiger partial charge >= 0.3 is 0 Å². The molecule has 1 aliphatic heterocycles. The van der Waals surface area contributed by atoms with Gasteiger partial charge in [0, 0.05) is 12.6 Å². The second-order valence-corrected chi connectivity index (χ2v) is 6.32. The second kappa shape index (κ2) is 5.99. The van der Waals surface area contributed by atoms with Crippen molar-refractivity contribution in [3.8, 4) is 0 Å². The standard InChI is InChI=1S/C15H20N2OS/c18-10-8-12-5-3-4-9-17(12)11-15-16-13-6-1-2-7-14(13)19-15/h1-2,6-7,12,18H,3-5,8-11H2. The molecule has 102 valence electrons. The third-order valence-electron chi connectivity index (χ3n) is 3.89. The number of aliphatic hydroxyl groups is 1. The fourth-order valence-corrected chi connectivity index (χ4v) is 3.90. The molecule has 19 heavy (non-hydrogen) atoms. The van der Waals surface area contributed by atoms with E-state index in [-0.39, 0.29) is 0 Å². The molecule has 1 fully saturated rings. The first-order valence-corrected chi connectivity index (χ1v) is 7.88. The van der Waals surface area contributed by atoms with Gasteiger partial charge in [-0.25, -0.2) is 4.98 Å². The lowest BCUT2D eigenvalue weighted by Crippen LogP contribution is -2.39. The number of nitrogens with zero attached hydrogens (tertiary/aromatic N) is 2. The van der Waals surface area contributed by atoms with Crippen molar-refractivity contribution in [1.29, 1.82) is 0 Å². The molecule has 1 atom stereocenters. The number of rotatable bonds is 4. The highest BCUT2D eigenvalue weighted by molar-refractivity contribution is 7.18. The lowest BCUT2D eigenvalue weighted by Gasteiger charge is -2.34. The molecule has 1 aliphatic rings. The van der Waals surface area contributed by atoms with Gasteiger partial charge in [0.05, 0.1) is 16.8 Å². The number of aromatic nitrogens is 1. The Hall–Kier alpha value is -0.970. The Morgan fingerprint density at radius 3 is 3.05 bits per heavy atom. The summed E-state index contributed by atoms with van der Waals surface area (Å²) in [5.41, 5.74) is 1.11. The zero-order chi connectivity index (χ0) is 13.1. The lowest BCUT2D eigenvalue weighted by molar-refractivity contribution is 0.112. The molecule has 0 radical (unpaired) electrons. The second-order valence-electron chi connectivity index (χ2n) is 5.21. The Morgan fingerprint density at radius 2 is 2.21 bits per heavy atom. The number of benzene rings is 1. The Morgan fingerprint density at radius 1 is 1.32 bits per heavy atom. The molecule has 2 heterocycles. The molecule has 3 rings (SSSR count). The van der Waals surface area contributed by atoms with Gasteiger partial charge in [0.15, 0.2) is 0 Å². The van der Waals surface area contributed by atoms with E-state index >= 15 is 0 Å². The molecule has 0 aliphatic carbocycles. The summed E-state index contributed by atoms with van der Waals surface area (Å²) in [5, 5.41) is 10.4. The molecule has 3 nitrogen and oxygen atoms in total. The van der Waals surface area contributed by atoms with Crippen molar-refractivity contribution in [1.82, 2.24) is 9.88 Å². The minimum absolute atomic E-state index is 0.293. The third-order valence-corrected chi connectivity index (χ3v) is 4.91. The van der Waals surface area contributed by atoms with Crippen LogP contribution in [-0.4, -0.2) is 34.2 Å². The van der Waals surface area contributed by atoms with Crippen molar-refractivity contribution in [2.24, 2.45) is 0 Å². The van der Waals surface area contributed by atoms with Crippen molar-refractivity contribution < 1.29 is 5.11 Å². The van der Waals surface area contributed by atoms with Crippen LogP contribution >= 0.6 is 11.3 Å². The summed E-state index contributed by atoms with van der Waals surface area (Å²) in [6.07, 6.45) is 4.67. The summed E-state index contributed by atoms with van der Waals surface area (Å²) >= 11 is 1.80. The highest BCUT2D eigenvalue weighted by atomic mass is 32.1. The summed E-state index contributed by atoms with van der Waals surface area (Å²) in [6, 6.07) is 8.86. The van der Waals surface area contributed by atoms with Crippen LogP contribution in [0.25, 0.3) is 10.2 Å². The first-order valence-electron chi connectivity index (χ1n) is 7.06. The Balaban J connectivity index is 1.75. The lowest BCUT2D eigenvalue weighted by atomic mass is 10.00. The van der Waals surface area contributed by atoms with E-state index in [1.807, 2.05) is 6.07 Å². The zero-order valence-electron chi connectivity index (χ0n) is 11.1. The Bertz CT molecular complexity index is 505. The smallest absolute Gasteiger partial charge is 0.108 e. The van der Waals surface area contributed by atoms with E-state index < -0.39 is 0 Å². The van der Waals surface area contributed by atoms with Crippen LogP contribution in [-0.2, 0) is 6.54 Å². The molecule has 1 aromatic heterocycles. The number of thiazole rings is 1. The largest absolute Gasteiger partial charge is 0.396 e. The van der Waals surface area contributed by atoms with Gasteiger partial charge in [-0.2, -0.15) is 0 Å². The van der Waals surface area contributed by atoms with Crippen molar-refractivity contribution >= 4 is 21.6 Å². The number of para-hydroxylation sites is 1. The van der Waals surface area contributed by atoms with E-state index in [0.717, 1.165) is 25.0 Å². The maximum absolute atomic E-state index is 9.18. The normalized spacial score (nSPS) is 21.0. The third kappa shape index (κ3) is 2.96. The molecule has 4 heteroatoms. The van der Waals surface area contributed by atoms with Crippen molar-refractivity contribution in [2.75, 3.05) is 13.2 Å². The Kier molecular flexibility index (Phi) is 4.11. The van der Waals surface area contributed by atoms with Crippen molar-refractivity contribution in [3.05, 3.63) is 29.3 Å². The molecule has 1 aromatic carbocycles. The fourth-order valence-electron chi connectivity index (χ4n) is 2.91. The van der Waals surface area contributed by atoms with Gasteiger partial charge in [0.2, 0.25) is 0 Å². The monoisotopic (exact) mass is 276 g/mol. The predicted octanol–water partition coefficient (Wildman–Crippen LogP) is 3.03. The molecule has 1 unspecified atom stereocenters. The summed E-state index contributed by atoms with van der Waals surface area (Å²) in [5.74, 6) is 0. The molecule has 0 saturated carbocycles. The molecule has 1 N–H and O–H groups in total. The van der Waals surface area contributed by atoms with Crippen LogP contribution in [0.2, 0.25) is 0 Å². The number of hydrogen-bond acceptors (Lipinski definition) is 4. The van der Waals surface area contributed by atoms with Crippen LogP contribution in [0.4, 0.5) is 0 Å². The molecular formula is C15H20N2OS. The highest BCUT2D eigenvalue weighted by Crippen LogP contribution is 2.26. The maximum Gasteiger partial charge on any atom is 0.108 e. The zero-order valence-corrected chi connectivity index (χ0v) is 11.9. The predicted molar refractivity (Wildman–Crippen MR) is 79.4 cm³/mol. The van der Waals surface area contributed by atoms with E-state index in [9.17, 15) is 5.11 Å². The van der Waals surface area contributed by atoms with E-state index in [4.69, 9.17) is 4.98 Å². The average Bonchev–Trinajstić information content (AvgIpc) is 2.83. The van der Waals surface area contributed by atoms with Crippen LogP contribution in [0.1, 0.15) is 30.7 Å². The molecular weight excluding hydrogens is 256 g/mol. The van der Waals surface area contributed by atoms with Gasteiger partial charge < -0.3 is 5.11 Å². The quantitative estimate of drug-likeness (QED) is 0.932. The summed E-state index contributed by atoms with van der Waals surface area (Å²) in [7, 11) is 0. The van der Waals surface area contributed by atoms with Gasteiger partial charge in [-0.3, -0.25) is 4.90 Å². The minimum Gasteiger partial charge on any atom is -0.396 e. The first-order chi connectivity index (χ1) is 9.36. The first kappa shape index (κ1) is 13.0. The van der Waals surface area contributed by atoms with Crippen LogP contribution < -0.4 is 0 Å². The van der Waals surface area contributed by atoms with Crippen molar-refractivity contribution in [2.45, 2.75) is 38.3 Å². The van der Waals surface area contributed by atoms with Crippen LogP contribution in [0.5, 0.6) is 0 Å². The van der Waals surface area contributed by atoms with Gasteiger partial charge in [-0.1, -0.05) is 18.6 Å². The van der Waals surface area contributed by atoms with E-state index in [2.05, 4.69) is 23.1 Å². The van der Waals surface area contributed by atoms with Gasteiger partial charge in [-0.15, -0.1) is 11.3 Å². The van der Waals surface area contributed by atoms with E-state index in [0.29, 0.717) is 12.6 Å². The van der Waals surface area contributed by atoms with Gasteiger partial charge in [0.1, 0.15) is 5.01 Å². The fraction of sp³-hybridized carbons (Fsp3) is 0.533. The SMILES string of the molecule is OCCC1CCCCN1Cc1nc2ccccc2s1. The number of aliphatic hydroxyl groups excluding tert-OH is 1. The number of piperidine rings is 1. The van der Waals surface area contributed by atoms with Crippen LogP contribution in [0.3, 0.4) is 0 Å². The van der Waals surface area contributed by atoms with E-state index in [1.165, 1.54) is 29.0 Å². The van der Waals surface area contributed by atoms with Gasteiger partial charge in [-0.05, 0) is 37.9 Å². The summed E-state index contributed by atoms with van der Waals surface area (Å²) in [6.45, 7) is 2.37. The summed E-state index contributed by atoms with van der Waals surface area (Å²) < 4.78 is 1.27. The molecule has 0 amide bonds. The average molecular weight is 276 g/mol. The highest BCUT2D eigenvalue weighted by Gasteiger charge is 2.22. The number of hydrogen-bond donors (Lipinski definition) is 1. The molecule has 1 saturated heterocycles. The summed E-state index contributed by atoms with van der Waals surface area (Å²) in [4.78, 5) is 7.21. The molecule has 2 aromatic rings. The molecule has 0 spiro atoms. The van der Waals surface area contributed by atoms with Crippen LogP contribution in [0, 0.1) is 0 Å². The van der Waals surface area contributed by atoms with Crippen molar-refractivity contribution in [3.63, 3.8) is 0 Å². The Labute approximate surface area is 117 Å². The van der Waals surface area contributed by atoms with E-state index in [1.54, 1.807) is 11.3 Å². The van der Waals surface area contributed by atoms with Gasteiger partial charge in [0.25, 0.3) is 0 Å². The number of likely N-dealkylation sites (tertiary alicyclic amines) is 1.